The quantitative estimate of drug-likeness (QED) is 0.213. The van der Waals surface area contributed by atoms with Crippen molar-refractivity contribution in [3.8, 4) is 18.2 Å². The van der Waals surface area contributed by atoms with Crippen molar-refractivity contribution in [2.45, 2.75) is 6.92 Å². The Hall–Kier alpha value is -6.78. The monoisotopic (exact) mass is 712 g/mol. The van der Waals surface area contributed by atoms with Gasteiger partial charge in [-0.15, -0.1) is 0 Å². The molecule has 0 aliphatic heterocycles. The fraction of sp³-hybridized carbons (Fsp3) is 0.0357. The molecular formula is C28H19Cl3N18. The topological polar surface area (TPSA) is 276 Å². The van der Waals surface area contributed by atoms with E-state index in [9.17, 15) is 0 Å². The van der Waals surface area contributed by atoms with Crippen LogP contribution in [-0.4, -0.2) is 59.8 Å². The minimum Gasteiger partial charge on any atom is -0.382 e. The summed E-state index contributed by atoms with van der Waals surface area (Å²) < 4.78 is 0. The minimum absolute atomic E-state index is 0.256. The molecule has 4 N–H and O–H groups in total. The molecule has 0 saturated heterocycles. The second kappa shape index (κ2) is 19.7. The van der Waals surface area contributed by atoms with E-state index in [1.807, 2.05) is 25.1 Å². The van der Waals surface area contributed by atoms with E-state index in [1.165, 1.54) is 62.2 Å². The Morgan fingerprint density at radius 2 is 0.918 bits per heavy atom. The fourth-order valence-electron chi connectivity index (χ4n) is 2.80. The molecule has 18 nitrogen and oxygen atoms in total. The third-order valence-electron chi connectivity index (χ3n) is 4.87. The third-order valence-corrected chi connectivity index (χ3v) is 5.49. The zero-order valence-electron chi connectivity index (χ0n) is 24.8. The van der Waals surface area contributed by atoms with Crippen molar-refractivity contribution < 1.29 is 0 Å². The first-order chi connectivity index (χ1) is 23.7. The van der Waals surface area contributed by atoms with E-state index >= 15 is 0 Å². The molecule has 0 fully saturated rings. The van der Waals surface area contributed by atoms with Crippen LogP contribution in [0.2, 0.25) is 15.5 Å². The van der Waals surface area contributed by atoms with Crippen LogP contribution in [0, 0.1) is 40.9 Å². The fourth-order valence-corrected chi connectivity index (χ4v) is 3.29. The van der Waals surface area contributed by atoms with E-state index in [1.54, 1.807) is 12.1 Å². The Kier molecular flexibility index (Phi) is 14.7. The number of halogens is 3. The molecular weight excluding hydrogens is 695 g/mol. The SMILES string of the molecule is Cc1cc(Nc2cnc(C#N)cn2)ncn1.Clc1cc(Cl)ncn1.N#Cc1cnc(N)cn1.N#Cc1cnc(Nc2cc(Cl)ncn2)cn1. The molecule has 0 spiro atoms. The van der Waals surface area contributed by atoms with Gasteiger partial charge >= 0.3 is 0 Å². The lowest BCUT2D eigenvalue weighted by Crippen LogP contribution is -1.98. The van der Waals surface area contributed by atoms with Gasteiger partial charge < -0.3 is 16.4 Å². The molecule has 0 saturated carbocycles. The largest absolute Gasteiger partial charge is 0.382 e. The predicted octanol–water partition coefficient (Wildman–Crippen LogP) is 4.44. The lowest BCUT2D eigenvalue weighted by atomic mass is 10.4. The first-order valence-corrected chi connectivity index (χ1v) is 14.2. The number of nitriles is 3. The van der Waals surface area contributed by atoms with Crippen LogP contribution in [0.15, 0.2) is 74.4 Å². The van der Waals surface area contributed by atoms with Crippen molar-refractivity contribution >= 4 is 63.9 Å². The Morgan fingerprint density at radius 1 is 0.490 bits per heavy atom. The van der Waals surface area contributed by atoms with E-state index < -0.39 is 0 Å². The molecule has 0 atom stereocenters. The number of nitrogens with two attached hydrogens (primary N) is 1. The maximum absolute atomic E-state index is 8.56. The number of nitrogens with zero attached hydrogens (tertiary/aromatic N) is 15. The molecule has 49 heavy (non-hydrogen) atoms. The average Bonchev–Trinajstić information content (AvgIpc) is 3.10. The molecule has 0 aromatic carbocycles. The Bertz CT molecular complexity index is 1940. The Balaban J connectivity index is 0.000000185. The number of anilines is 5. The van der Waals surface area contributed by atoms with Crippen LogP contribution >= 0.6 is 34.8 Å². The van der Waals surface area contributed by atoms with Crippen molar-refractivity contribution in [3.63, 3.8) is 0 Å². The number of nitrogen functional groups attached to an aromatic ring is 1. The van der Waals surface area contributed by atoms with Gasteiger partial charge in [-0.3, -0.25) is 0 Å². The third kappa shape index (κ3) is 14.0. The second-order valence-corrected chi connectivity index (χ2v) is 9.58. The first-order valence-electron chi connectivity index (χ1n) is 13.0. The standard InChI is InChI=1S/C10H8N6.C9H5ClN6.C5H4N4.C4H2Cl2N2/c1-7-2-9(15-6-14-7)16-10-5-12-8(3-11)4-13-10;10-7-1-8(15-5-14-7)16-9-4-12-6(2-11)3-13-9;6-1-4-2-9-5(7)3-8-4;5-3-1-4(6)8-2-7-3/h2,4-6H,1H3,(H,13,14,15,16);1,3-5H,(H,13,14,15,16);2-3H,(H2,7,9);1-2H. The van der Waals surface area contributed by atoms with Crippen LogP contribution in [0.1, 0.15) is 22.8 Å². The predicted molar refractivity (Wildman–Crippen MR) is 177 cm³/mol. The van der Waals surface area contributed by atoms with Gasteiger partial charge in [0.2, 0.25) is 0 Å². The molecule has 21 heteroatoms. The summed E-state index contributed by atoms with van der Waals surface area (Å²) in [5, 5.41) is 32.2. The van der Waals surface area contributed by atoms with E-state index in [0.29, 0.717) is 44.5 Å². The second-order valence-electron chi connectivity index (χ2n) is 8.42. The van der Waals surface area contributed by atoms with Crippen LogP contribution in [0.4, 0.5) is 29.1 Å². The van der Waals surface area contributed by atoms with Crippen molar-refractivity contribution in [2.24, 2.45) is 0 Å². The zero-order valence-corrected chi connectivity index (χ0v) is 27.1. The Morgan fingerprint density at radius 3 is 1.29 bits per heavy atom. The molecule has 0 amide bonds. The summed E-state index contributed by atoms with van der Waals surface area (Å²) in [6.45, 7) is 1.87. The summed E-state index contributed by atoms with van der Waals surface area (Å²) in [6.07, 6.45) is 12.5. The van der Waals surface area contributed by atoms with Gasteiger partial charge in [-0.2, -0.15) is 15.8 Å². The van der Waals surface area contributed by atoms with E-state index in [4.69, 9.17) is 56.3 Å². The molecule has 6 heterocycles. The van der Waals surface area contributed by atoms with Crippen LogP contribution in [0.3, 0.4) is 0 Å². The number of nitrogens with one attached hydrogen (secondary N) is 2. The van der Waals surface area contributed by atoms with Gasteiger partial charge in [-0.05, 0) is 6.92 Å². The summed E-state index contributed by atoms with van der Waals surface area (Å²) in [6, 6.07) is 10.4. The summed E-state index contributed by atoms with van der Waals surface area (Å²) in [5.74, 6) is 2.50. The lowest BCUT2D eigenvalue weighted by Gasteiger charge is -2.03. The molecule has 0 unspecified atom stereocenters. The number of aromatic nitrogens is 12. The molecule has 0 aliphatic carbocycles. The van der Waals surface area contributed by atoms with E-state index in [0.717, 1.165) is 5.69 Å². The molecule has 0 radical (unpaired) electrons. The van der Waals surface area contributed by atoms with Crippen molar-refractivity contribution in [1.29, 1.82) is 15.8 Å². The highest BCUT2D eigenvalue weighted by atomic mass is 35.5. The summed E-state index contributed by atoms with van der Waals surface area (Å²) in [7, 11) is 0. The zero-order chi connectivity index (χ0) is 35.4. The molecule has 0 bridgehead atoms. The molecule has 6 rings (SSSR count). The minimum atomic E-state index is 0.256. The van der Waals surface area contributed by atoms with E-state index in [2.05, 4.69) is 70.4 Å². The normalized spacial score (nSPS) is 9.24. The highest BCUT2D eigenvalue weighted by Gasteiger charge is 2.01. The average molecular weight is 714 g/mol. The van der Waals surface area contributed by atoms with Crippen LogP contribution in [0.5, 0.6) is 0 Å². The number of hydrogen-bond acceptors (Lipinski definition) is 18. The van der Waals surface area contributed by atoms with Gasteiger partial charge in [0, 0.05) is 23.9 Å². The summed E-state index contributed by atoms with van der Waals surface area (Å²) >= 11 is 16.5. The highest BCUT2D eigenvalue weighted by Crippen LogP contribution is 2.13. The summed E-state index contributed by atoms with van der Waals surface area (Å²) in [5.41, 5.74) is 6.88. The maximum Gasteiger partial charge on any atom is 0.158 e. The smallest absolute Gasteiger partial charge is 0.158 e. The Labute approximate surface area is 292 Å². The van der Waals surface area contributed by atoms with Gasteiger partial charge in [-0.1, -0.05) is 34.8 Å². The number of hydrogen-bond donors (Lipinski definition) is 3. The lowest BCUT2D eigenvalue weighted by molar-refractivity contribution is 1.09. The van der Waals surface area contributed by atoms with Gasteiger partial charge in [0.15, 0.2) is 17.1 Å². The number of aryl methyl sites for hydroxylation is 1. The molecule has 242 valence electrons. The van der Waals surface area contributed by atoms with Gasteiger partial charge in [0.25, 0.3) is 0 Å². The summed E-state index contributed by atoms with van der Waals surface area (Å²) in [4.78, 5) is 45.9. The molecule has 6 aromatic rings. The molecule has 0 aliphatic rings. The van der Waals surface area contributed by atoms with Crippen molar-refractivity contribution in [1.82, 2.24) is 59.8 Å². The number of rotatable bonds is 4. The highest BCUT2D eigenvalue weighted by molar-refractivity contribution is 6.33. The van der Waals surface area contributed by atoms with Crippen molar-refractivity contribution in [2.75, 3.05) is 16.4 Å². The van der Waals surface area contributed by atoms with Crippen LogP contribution in [0.25, 0.3) is 0 Å². The van der Waals surface area contributed by atoms with Gasteiger partial charge in [-0.25, -0.2) is 59.8 Å². The maximum atomic E-state index is 8.56. The first kappa shape index (κ1) is 36.7. The molecule has 6 aromatic heterocycles. The van der Waals surface area contributed by atoms with Crippen LogP contribution < -0.4 is 16.4 Å². The van der Waals surface area contributed by atoms with Gasteiger partial charge in [0.05, 0.1) is 37.2 Å². The van der Waals surface area contributed by atoms with Crippen LogP contribution in [-0.2, 0) is 0 Å². The van der Waals surface area contributed by atoms with Crippen molar-refractivity contribution in [3.05, 3.63) is 113 Å². The van der Waals surface area contributed by atoms with E-state index in [-0.39, 0.29) is 17.1 Å². The van der Waals surface area contributed by atoms with Gasteiger partial charge in [0.1, 0.15) is 81.7 Å².